The number of likely N-dealkylation sites (tertiary alicyclic amines) is 1. The van der Waals surface area contributed by atoms with Crippen LogP contribution in [0, 0.1) is 5.92 Å². The smallest absolute Gasteiger partial charge is 0.353 e. The zero-order valence-corrected chi connectivity index (χ0v) is 14.8. The number of nitrogens with zero attached hydrogens (tertiary/aromatic N) is 1. The van der Waals surface area contributed by atoms with E-state index in [2.05, 4.69) is 22.4 Å². The van der Waals surface area contributed by atoms with Crippen LogP contribution in [0.5, 0.6) is 0 Å². The summed E-state index contributed by atoms with van der Waals surface area (Å²) in [4.78, 5) is 14.3. The molecule has 0 aromatic heterocycles. The molecule has 0 spiro atoms. The molecule has 1 aliphatic carbocycles. The first-order chi connectivity index (χ1) is 12.4. The first kappa shape index (κ1) is 19.0. The summed E-state index contributed by atoms with van der Waals surface area (Å²) in [5.41, 5.74) is 0.0773. The molecule has 0 unspecified atom stereocenters. The molecule has 1 amide bonds. The minimum atomic E-state index is -4.30. The highest BCUT2D eigenvalue weighted by atomic mass is 19.4. The summed E-state index contributed by atoms with van der Waals surface area (Å²) in [6.07, 6.45) is 4.30. The van der Waals surface area contributed by atoms with E-state index in [0.717, 1.165) is 44.8 Å². The largest absolute Gasteiger partial charge is 0.416 e. The van der Waals surface area contributed by atoms with Gasteiger partial charge in [-0.25, -0.2) is 0 Å². The molecule has 1 N–H and O–H groups in total. The van der Waals surface area contributed by atoms with Gasteiger partial charge in [0.15, 0.2) is 0 Å². The number of hydrogen-bond donors (Lipinski definition) is 1. The fourth-order valence-corrected chi connectivity index (χ4v) is 3.73. The number of nitrogens with one attached hydrogen (secondary N) is 1. The van der Waals surface area contributed by atoms with Crippen molar-refractivity contribution in [2.45, 2.75) is 50.9 Å². The van der Waals surface area contributed by atoms with Gasteiger partial charge in [0.25, 0.3) is 0 Å². The topological polar surface area (TPSA) is 32.3 Å². The van der Waals surface area contributed by atoms with Gasteiger partial charge in [-0.3, -0.25) is 9.69 Å². The molecule has 1 aromatic rings. The maximum Gasteiger partial charge on any atom is 0.416 e. The number of hydrogen-bond acceptors (Lipinski definition) is 2. The maximum atomic E-state index is 12.8. The quantitative estimate of drug-likeness (QED) is 0.795. The maximum absolute atomic E-state index is 12.8. The molecule has 1 heterocycles. The molecule has 0 radical (unpaired) electrons. The van der Waals surface area contributed by atoms with Crippen molar-refractivity contribution in [1.82, 2.24) is 10.2 Å². The SMILES string of the molecule is O=C(C[C@H]1C=CCC1)NC1CCN(Cc2cccc(C(F)(F)F)c2)CC1. The van der Waals surface area contributed by atoms with Crippen LogP contribution in [0.1, 0.15) is 43.2 Å². The van der Waals surface area contributed by atoms with Crippen molar-refractivity contribution in [2.24, 2.45) is 5.92 Å². The third-order valence-electron chi connectivity index (χ3n) is 5.17. The first-order valence-electron chi connectivity index (χ1n) is 9.24. The van der Waals surface area contributed by atoms with Crippen LogP contribution in [-0.4, -0.2) is 29.9 Å². The molecule has 1 aliphatic heterocycles. The van der Waals surface area contributed by atoms with Gasteiger partial charge in [-0.2, -0.15) is 13.2 Å². The molecule has 1 aromatic carbocycles. The van der Waals surface area contributed by atoms with Gasteiger partial charge in [0.2, 0.25) is 5.91 Å². The van der Waals surface area contributed by atoms with Crippen molar-refractivity contribution in [1.29, 1.82) is 0 Å². The van der Waals surface area contributed by atoms with E-state index in [4.69, 9.17) is 0 Å². The Kier molecular flexibility index (Phi) is 6.01. The van der Waals surface area contributed by atoms with Crippen LogP contribution in [0.3, 0.4) is 0 Å². The molecule has 1 fully saturated rings. The van der Waals surface area contributed by atoms with Crippen molar-refractivity contribution in [3.63, 3.8) is 0 Å². The van der Waals surface area contributed by atoms with Crippen LogP contribution in [0.25, 0.3) is 0 Å². The predicted molar refractivity (Wildman–Crippen MR) is 94.4 cm³/mol. The average Bonchev–Trinajstić information content (AvgIpc) is 3.09. The summed E-state index contributed by atoms with van der Waals surface area (Å²) >= 11 is 0. The Morgan fingerprint density at radius 2 is 1.96 bits per heavy atom. The minimum absolute atomic E-state index is 0.109. The van der Waals surface area contributed by atoms with Crippen molar-refractivity contribution >= 4 is 5.91 Å². The summed E-state index contributed by atoms with van der Waals surface area (Å²) in [6, 6.07) is 5.69. The summed E-state index contributed by atoms with van der Waals surface area (Å²) in [5.74, 6) is 0.480. The van der Waals surface area contributed by atoms with Crippen molar-refractivity contribution in [2.75, 3.05) is 13.1 Å². The summed E-state index contributed by atoms with van der Waals surface area (Å²) < 4.78 is 38.4. The summed E-state index contributed by atoms with van der Waals surface area (Å²) in [5, 5.41) is 3.11. The number of benzene rings is 1. The Bertz CT molecular complexity index is 649. The lowest BCUT2D eigenvalue weighted by atomic mass is 10.0. The molecule has 2 aliphatic rings. The Hall–Kier alpha value is -1.82. The lowest BCUT2D eigenvalue weighted by Gasteiger charge is -2.32. The second-order valence-corrected chi connectivity index (χ2v) is 7.29. The molecule has 6 heteroatoms. The van der Waals surface area contributed by atoms with E-state index < -0.39 is 11.7 Å². The van der Waals surface area contributed by atoms with E-state index in [-0.39, 0.29) is 11.9 Å². The molecule has 1 atom stereocenters. The Labute approximate surface area is 152 Å². The molecule has 0 saturated carbocycles. The molecule has 0 bridgehead atoms. The van der Waals surface area contributed by atoms with Crippen LogP contribution in [0.4, 0.5) is 13.2 Å². The number of rotatable bonds is 5. The summed E-state index contributed by atoms with van der Waals surface area (Å²) in [6.45, 7) is 2.08. The number of allylic oxidation sites excluding steroid dienone is 2. The highest BCUT2D eigenvalue weighted by molar-refractivity contribution is 5.76. The second kappa shape index (κ2) is 8.25. The second-order valence-electron chi connectivity index (χ2n) is 7.29. The molecule has 1 saturated heterocycles. The average molecular weight is 366 g/mol. The van der Waals surface area contributed by atoms with Gasteiger partial charge >= 0.3 is 6.18 Å². The van der Waals surface area contributed by atoms with E-state index in [9.17, 15) is 18.0 Å². The molecule has 3 rings (SSSR count). The third-order valence-corrected chi connectivity index (χ3v) is 5.17. The van der Waals surface area contributed by atoms with Gasteiger partial charge in [0, 0.05) is 32.1 Å². The number of alkyl halides is 3. The van der Waals surface area contributed by atoms with Crippen LogP contribution in [-0.2, 0) is 17.5 Å². The van der Waals surface area contributed by atoms with Gasteiger partial charge in [-0.05, 0) is 43.2 Å². The van der Waals surface area contributed by atoms with Crippen molar-refractivity contribution < 1.29 is 18.0 Å². The van der Waals surface area contributed by atoms with Crippen molar-refractivity contribution in [3.05, 3.63) is 47.5 Å². The number of carbonyl (C=O) groups excluding carboxylic acids is 1. The van der Waals surface area contributed by atoms with Crippen molar-refractivity contribution in [3.8, 4) is 0 Å². The molecular formula is C20H25F3N2O. The number of carbonyl (C=O) groups is 1. The van der Waals surface area contributed by atoms with E-state index in [1.807, 2.05) is 0 Å². The Morgan fingerprint density at radius 1 is 1.19 bits per heavy atom. The van der Waals surface area contributed by atoms with Gasteiger partial charge in [0.05, 0.1) is 5.56 Å². The van der Waals surface area contributed by atoms with Crippen LogP contribution < -0.4 is 5.32 Å². The molecule has 142 valence electrons. The molecule has 26 heavy (non-hydrogen) atoms. The molecular weight excluding hydrogens is 341 g/mol. The molecule has 3 nitrogen and oxygen atoms in total. The van der Waals surface area contributed by atoms with Gasteiger partial charge < -0.3 is 5.32 Å². The zero-order valence-electron chi connectivity index (χ0n) is 14.8. The highest BCUT2D eigenvalue weighted by Crippen LogP contribution is 2.30. The fraction of sp³-hybridized carbons (Fsp3) is 0.550. The number of amides is 1. The lowest BCUT2D eigenvalue weighted by molar-refractivity contribution is -0.137. The third kappa shape index (κ3) is 5.34. The Balaban J connectivity index is 1.44. The first-order valence-corrected chi connectivity index (χ1v) is 9.24. The van der Waals surface area contributed by atoms with Crippen LogP contribution >= 0.6 is 0 Å². The number of halogens is 3. The van der Waals surface area contributed by atoms with E-state index in [1.165, 1.54) is 12.1 Å². The van der Waals surface area contributed by atoms with Crippen LogP contribution in [0.15, 0.2) is 36.4 Å². The predicted octanol–water partition coefficient (Wildman–Crippen LogP) is 4.14. The lowest BCUT2D eigenvalue weighted by Crippen LogP contribution is -2.44. The highest BCUT2D eigenvalue weighted by Gasteiger charge is 2.30. The van der Waals surface area contributed by atoms with E-state index in [1.54, 1.807) is 6.07 Å². The monoisotopic (exact) mass is 366 g/mol. The van der Waals surface area contributed by atoms with Gasteiger partial charge in [-0.1, -0.05) is 30.4 Å². The standard InChI is InChI=1S/C20H25F3N2O/c21-20(22,23)17-7-3-6-16(12-17)14-25-10-8-18(9-11-25)24-19(26)13-15-4-1-2-5-15/h1,3-4,6-7,12,15,18H,2,5,8-11,13-14H2,(H,24,26)/t15-/m0/s1. The minimum Gasteiger partial charge on any atom is -0.353 e. The summed E-state index contributed by atoms with van der Waals surface area (Å²) in [7, 11) is 0. The van der Waals surface area contributed by atoms with Gasteiger partial charge in [0.1, 0.15) is 0 Å². The Morgan fingerprint density at radius 3 is 2.62 bits per heavy atom. The van der Waals surface area contributed by atoms with Gasteiger partial charge in [-0.15, -0.1) is 0 Å². The van der Waals surface area contributed by atoms with Crippen LogP contribution in [0.2, 0.25) is 0 Å². The number of piperidine rings is 1. The zero-order chi connectivity index (χ0) is 18.6. The fourth-order valence-electron chi connectivity index (χ4n) is 3.73. The van der Waals surface area contributed by atoms with E-state index in [0.29, 0.717) is 24.4 Å². The normalized spacial score (nSPS) is 21.9. The van der Waals surface area contributed by atoms with E-state index >= 15 is 0 Å².